The van der Waals surface area contributed by atoms with E-state index in [0.717, 1.165) is 22.4 Å². The summed E-state index contributed by atoms with van der Waals surface area (Å²) in [6.07, 6.45) is -0.408. The Kier molecular flexibility index (Phi) is 3.09. The first-order valence-electron chi connectivity index (χ1n) is 5.89. The zero-order chi connectivity index (χ0) is 13.6. The molecule has 2 heterocycles. The lowest BCUT2D eigenvalue weighted by Crippen LogP contribution is -2.03. The largest absolute Gasteiger partial charge is 0.384 e. The second-order valence-electron chi connectivity index (χ2n) is 4.67. The number of aryl methyl sites for hydroxylation is 1. The van der Waals surface area contributed by atoms with Crippen LogP contribution in [-0.2, 0) is 11.2 Å². The molecule has 98 valence electrons. The van der Waals surface area contributed by atoms with Crippen LogP contribution in [-0.4, -0.2) is 11.0 Å². The van der Waals surface area contributed by atoms with Crippen molar-refractivity contribution in [1.82, 2.24) is 0 Å². The number of halogens is 1. The van der Waals surface area contributed by atoms with Gasteiger partial charge in [0.1, 0.15) is 6.10 Å². The Bertz CT molecular complexity index is 665. The van der Waals surface area contributed by atoms with Gasteiger partial charge in [-0.1, -0.05) is 11.6 Å². The molecule has 3 nitrogen and oxygen atoms in total. The Morgan fingerprint density at radius 1 is 1.37 bits per heavy atom. The molecule has 0 saturated carbocycles. The normalized spacial score (nSPS) is 15.2. The second kappa shape index (κ2) is 4.63. The van der Waals surface area contributed by atoms with Gasteiger partial charge in [0.05, 0.1) is 6.42 Å². The van der Waals surface area contributed by atoms with E-state index in [1.165, 1.54) is 0 Å². The van der Waals surface area contributed by atoms with Crippen LogP contribution in [0.5, 0.6) is 0 Å². The number of hydrogen-bond donors (Lipinski definition) is 2. The van der Waals surface area contributed by atoms with Gasteiger partial charge in [-0.3, -0.25) is 4.79 Å². The van der Waals surface area contributed by atoms with Crippen molar-refractivity contribution < 1.29 is 9.90 Å². The van der Waals surface area contributed by atoms with Crippen LogP contribution in [0.1, 0.15) is 28.4 Å². The van der Waals surface area contributed by atoms with Gasteiger partial charge in [-0.25, -0.2) is 0 Å². The minimum absolute atomic E-state index is 0.0376. The Labute approximate surface area is 119 Å². The van der Waals surface area contributed by atoms with Crippen LogP contribution in [0.25, 0.3) is 0 Å². The molecule has 19 heavy (non-hydrogen) atoms. The fraction of sp³-hybridized carbons (Fsp3) is 0.214. The lowest BCUT2D eigenvalue weighted by atomic mass is 9.98. The van der Waals surface area contributed by atoms with E-state index in [1.54, 1.807) is 17.4 Å². The summed E-state index contributed by atoms with van der Waals surface area (Å²) in [5.41, 5.74) is 4.19. The first-order chi connectivity index (χ1) is 9.06. The van der Waals surface area contributed by atoms with Crippen molar-refractivity contribution in [3.8, 4) is 0 Å². The molecule has 1 aromatic carbocycles. The summed E-state index contributed by atoms with van der Waals surface area (Å²) in [4.78, 5) is 11.4. The average Bonchev–Trinajstić information content (AvgIpc) is 2.92. The van der Waals surface area contributed by atoms with Gasteiger partial charge in [0, 0.05) is 16.3 Å². The molecule has 1 unspecified atom stereocenters. The summed E-state index contributed by atoms with van der Waals surface area (Å²) < 4.78 is 0. The lowest BCUT2D eigenvalue weighted by Gasteiger charge is -2.14. The van der Waals surface area contributed by atoms with E-state index in [2.05, 4.69) is 5.32 Å². The molecular weight excluding hydrogens is 282 g/mol. The highest BCUT2D eigenvalue weighted by molar-refractivity contribution is 7.08. The third-order valence-corrected chi connectivity index (χ3v) is 4.54. The average molecular weight is 294 g/mol. The Balaban J connectivity index is 2.05. The summed E-state index contributed by atoms with van der Waals surface area (Å²) in [5.74, 6) is -0.0376. The second-order valence-corrected chi connectivity index (χ2v) is 5.82. The number of aliphatic hydroxyl groups excluding tert-OH is 1. The molecular formula is C14H12ClNO2S. The highest BCUT2D eigenvalue weighted by Crippen LogP contribution is 2.36. The van der Waals surface area contributed by atoms with Gasteiger partial charge in [0.2, 0.25) is 5.91 Å². The summed E-state index contributed by atoms with van der Waals surface area (Å²) in [6, 6.07) is 3.53. The molecule has 0 spiro atoms. The van der Waals surface area contributed by atoms with E-state index in [-0.39, 0.29) is 5.91 Å². The van der Waals surface area contributed by atoms with E-state index in [4.69, 9.17) is 11.6 Å². The molecule has 3 rings (SSSR count). The third kappa shape index (κ3) is 2.16. The Morgan fingerprint density at radius 2 is 2.16 bits per heavy atom. The Hall–Kier alpha value is -1.36. The van der Waals surface area contributed by atoms with Gasteiger partial charge in [0.15, 0.2) is 0 Å². The van der Waals surface area contributed by atoms with Crippen LogP contribution < -0.4 is 5.32 Å². The first-order valence-corrected chi connectivity index (χ1v) is 7.21. The number of nitrogens with one attached hydrogen (secondary N) is 1. The van der Waals surface area contributed by atoms with Crippen LogP contribution in [0, 0.1) is 6.92 Å². The van der Waals surface area contributed by atoms with Crippen molar-refractivity contribution in [3.63, 3.8) is 0 Å². The van der Waals surface area contributed by atoms with Crippen LogP contribution in [0.15, 0.2) is 22.9 Å². The summed E-state index contributed by atoms with van der Waals surface area (Å²) in [7, 11) is 0. The Morgan fingerprint density at radius 3 is 2.84 bits per heavy atom. The number of hydrogen-bond acceptors (Lipinski definition) is 3. The fourth-order valence-corrected chi connectivity index (χ4v) is 3.43. The molecule has 2 aromatic rings. The highest BCUT2D eigenvalue weighted by atomic mass is 35.5. The van der Waals surface area contributed by atoms with Gasteiger partial charge in [-0.2, -0.15) is 11.3 Å². The first kappa shape index (κ1) is 12.7. The van der Waals surface area contributed by atoms with Gasteiger partial charge in [-0.15, -0.1) is 0 Å². The monoisotopic (exact) mass is 293 g/mol. The van der Waals surface area contributed by atoms with Gasteiger partial charge in [-0.05, 0) is 46.5 Å². The van der Waals surface area contributed by atoms with Crippen molar-refractivity contribution >= 4 is 34.5 Å². The van der Waals surface area contributed by atoms with Crippen molar-refractivity contribution in [2.24, 2.45) is 0 Å². The number of carbonyl (C=O) groups excluding carboxylic acids is 1. The maximum absolute atomic E-state index is 11.4. The topological polar surface area (TPSA) is 49.3 Å². The van der Waals surface area contributed by atoms with Crippen molar-refractivity contribution in [2.45, 2.75) is 19.4 Å². The van der Waals surface area contributed by atoms with Gasteiger partial charge in [0.25, 0.3) is 0 Å². The maximum atomic E-state index is 11.4. The molecule has 5 heteroatoms. The SMILES string of the molecule is Cc1cscc1C(O)c1cc2c(cc1Cl)NC(=O)C2. The third-order valence-electron chi connectivity index (χ3n) is 3.33. The summed E-state index contributed by atoms with van der Waals surface area (Å²) in [5, 5.41) is 17.6. The molecule has 0 saturated heterocycles. The predicted molar refractivity (Wildman–Crippen MR) is 76.9 cm³/mol. The van der Waals surface area contributed by atoms with Crippen molar-refractivity contribution in [2.75, 3.05) is 5.32 Å². The number of thiophene rings is 1. The number of rotatable bonds is 2. The summed E-state index contributed by atoms with van der Waals surface area (Å²) in [6.45, 7) is 1.96. The number of benzene rings is 1. The van der Waals surface area contributed by atoms with E-state index in [1.807, 2.05) is 23.8 Å². The number of amides is 1. The molecule has 1 amide bonds. The molecule has 1 atom stereocenters. The summed E-state index contributed by atoms with van der Waals surface area (Å²) >= 11 is 7.76. The molecule has 0 fully saturated rings. The van der Waals surface area contributed by atoms with Crippen LogP contribution >= 0.6 is 22.9 Å². The van der Waals surface area contributed by atoms with Crippen LogP contribution in [0.2, 0.25) is 5.02 Å². The molecule has 1 aliphatic rings. The number of aliphatic hydroxyl groups is 1. The van der Waals surface area contributed by atoms with Crippen molar-refractivity contribution in [3.05, 3.63) is 50.2 Å². The smallest absolute Gasteiger partial charge is 0.228 e. The quantitative estimate of drug-likeness (QED) is 0.893. The van der Waals surface area contributed by atoms with E-state index in [0.29, 0.717) is 17.0 Å². The predicted octanol–water partition coefficient (Wildman–Crippen LogP) is 3.29. The van der Waals surface area contributed by atoms with Gasteiger partial charge >= 0.3 is 0 Å². The molecule has 1 aliphatic heterocycles. The zero-order valence-corrected chi connectivity index (χ0v) is 11.8. The molecule has 2 N–H and O–H groups in total. The number of carbonyl (C=O) groups is 1. The fourth-order valence-electron chi connectivity index (χ4n) is 2.29. The lowest BCUT2D eigenvalue weighted by molar-refractivity contribution is -0.115. The number of fused-ring (bicyclic) bond motifs is 1. The molecule has 0 radical (unpaired) electrons. The van der Waals surface area contributed by atoms with Crippen molar-refractivity contribution in [1.29, 1.82) is 0 Å². The minimum Gasteiger partial charge on any atom is -0.384 e. The van der Waals surface area contributed by atoms with Crippen LogP contribution in [0.3, 0.4) is 0 Å². The molecule has 0 bridgehead atoms. The van der Waals surface area contributed by atoms with E-state index < -0.39 is 6.10 Å². The van der Waals surface area contributed by atoms with Crippen LogP contribution in [0.4, 0.5) is 5.69 Å². The highest BCUT2D eigenvalue weighted by Gasteiger charge is 2.23. The minimum atomic E-state index is -0.750. The standard InChI is InChI=1S/C14H12ClNO2S/c1-7-5-19-6-10(7)14(18)9-2-8-3-13(17)16-12(8)4-11(9)15/h2,4-6,14,18H,3H2,1H3,(H,16,17). The zero-order valence-electron chi connectivity index (χ0n) is 10.2. The maximum Gasteiger partial charge on any atom is 0.228 e. The van der Waals surface area contributed by atoms with E-state index >= 15 is 0 Å². The molecule has 1 aromatic heterocycles. The molecule has 0 aliphatic carbocycles. The number of anilines is 1. The van der Waals surface area contributed by atoms with Gasteiger partial charge < -0.3 is 10.4 Å². The van der Waals surface area contributed by atoms with E-state index in [9.17, 15) is 9.90 Å².